The normalized spacial score (nSPS) is 15.6. The summed E-state index contributed by atoms with van der Waals surface area (Å²) in [5, 5.41) is 5.90. The summed E-state index contributed by atoms with van der Waals surface area (Å²) in [4.78, 5) is 26.7. The largest absolute Gasteiger partial charge is 0.493 e. The van der Waals surface area contributed by atoms with Gasteiger partial charge in [0.15, 0.2) is 11.8 Å². The Morgan fingerprint density at radius 1 is 1.11 bits per heavy atom. The minimum Gasteiger partial charge on any atom is -0.493 e. The number of hydrogen-bond donors (Lipinski definition) is 0. The van der Waals surface area contributed by atoms with Gasteiger partial charge < -0.3 is 23.8 Å². The van der Waals surface area contributed by atoms with Crippen LogP contribution < -0.4 is 9.64 Å². The second kappa shape index (κ2) is 14.7. The maximum Gasteiger partial charge on any atom is 0.340 e. The van der Waals surface area contributed by atoms with Crippen LogP contribution in [0.4, 0.5) is 5.82 Å². The zero-order chi connectivity index (χ0) is 33.8. The molecule has 1 aliphatic rings. The van der Waals surface area contributed by atoms with Crippen LogP contribution in [0.25, 0.3) is 16.3 Å². The number of anilines is 1. The van der Waals surface area contributed by atoms with Gasteiger partial charge in [-0.25, -0.2) is 14.8 Å². The zero-order valence-electron chi connectivity index (χ0n) is 29.1. The van der Waals surface area contributed by atoms with Crippen LogP contribution in [0.15, 0.2) is 36.5 Å². The third-order valence-corrected chi connectivity index (χ3v) is 9.24. The molecule has 1 aliphatic heterocycles. The highest BCUT2D eigenvalue weighted by Gasteiger charge is 2.38. The maximum atomic E-state index is 13.5. The van der Waals surface area contributed by atoms with Crippen molar-refractivity contribution in [3.63, 3.8) is 0 Å². The van der Waals surface area contributed by atoms with Crippen LogP contribution in [0.2, 0.25) is 0 Å². The van der Waals surface area contributed by atoms with E-state index in [0.29, 0.717) is 30.1 Å². The number of piperidine rings is 1. The number of hydrogen-bond acceptors (Lipinski definition) is 10. The fourth-order valence-electron chi connectivity index (χ4n) is 6.01. The first kappa shape index (κ1) is 34.8. The molecule has 0 amide bonds. The molecule has 0 bridgehead atoms. The number of thiazole rings is 1. The number of fused-ring (bicyclic) bond motifs is 1. The number of para-hydroxylation sites is 1. The van der Waals surface area contributed by atoms with E-state index in [1.165, 1.54) is 0 Å². The number of aryl methyl sites for hydroxylation is 1. The van der Waals surface area contributed by atoms with Crippen molar-refractivity contribution in [1.29, 1.82) is 0 Å². The van der Waals surface area contributed by atoms with E-state index in [2.05, 4.69) is 24.8 Å². The van der Waals surface area contributed by atoms with E-state index in [-0.39, 0.29) is 12.2 Å². The van der Waals surface area contributed by atoms with Gasteiger partial charge in [0.1, 0.15) is 22.3 Å². The molecule has 5 rings (SSSR count). The SMILES string of the molecule is CCCOc1ccccc1Cc1cnc(-c2cc3nc(C)c([C@H](OC(C)(C)C)C(=O)OCC)c(N4CCC(C)(OCC)CC4)n3n2)s1. The van der Waals surface area contributed by atoms with Crippen molar-refractivity contribution in [2.45, 2.75) is 98.4 Å². The molecule has 254 valence electrons. The van der Waals surface area contributed by atoms with E-state index in [0.717, 1.165) is 71.5 Å². The van der Waals surface area contributed by atoms with Gasteiger partial charge in [0.25, 0.3) is 0 Å². The Morgan fingerprint density at radius 3 is 2.53 bits per heavy atom. The molecule has 0 N–H and O–H groups in total. The molecule has 1 fully saturated rings. The molecule has 10 nitrogen and oxygen atoms in total. The maximum absolute atomic E-state index is 13.5. The molecule has 1 saturated heterocycles. The van der Waals surface area contributed by atoms with E-state index >= 15 is 0 Å². The average Bonchev–Trinajstić information content (AvgIpc) is 3.66. The number of rotatable bonds is 13. The van der Waals surface area contributed by atoms with E-state index in [1.54, 1.807) is 18.3 Å². The predicted molar refractivity (Wildman–Crippen MR) is 186 cm³/mol. The number of carbonyl (C=O) groups excluding carboxylic acids is 1. The van der Waals surface area contributed by atoms with Gasteiger partial charge in [0, 0.05) is 49.0 Å². The summed E-state index contributed by atoms with van der Waals surface area (Å²) in [7, 11) is 0. The van der Waals surface area contributed by atoms with E-state index in [4.69, 9.17) is 34.0 Å². The van der Waals surface area contributed by atoms with Crippen LogP contribution in [0.1, 0.15) is 95.5 Å². The topological polar surface area (TPSA) is 100 Å². The van der Waals surface area contributed by atoms with Crippen molar-refractivity contribution in [2.75, 3.05) is 37.8 Å². The number of esters is 1. The lowest BCUT2D eigenvalue weighted by atomic mass is 9.92. The lowest BCUT2D eigenvalue weighted by molar-refractivity contribution is -0.166. The molecule has 0 radical (unpaired) electrons. The first-order valence-corrected chi connectivity index (χ1v) is 17.6. The second-order valence-electron chi connectivity index (χ2n) is 13.2. The molecular formula is C36H49N5O5S. The Hall–Kier alpha value is -3.54. The van der Waals surface area contributed by atoms with Crippen molar-refractivity contribution < 1.29 is 23.7 Å². The van der Waals surface area contributed by atoms with Gasteiger partial charge in [-0.2, -0.15) is 9.61 Å². The zero-order valence-corrected chi connectivity index (χ0v) is 29.9. The fourth-order valence-corrected chi connectivity index (χ4v) is 6.90. The Balaban J connectivity index is 1.57. The lowest BCUT2D eigenvalue weighted by Gasteiger charge is -2.41. The van der Waals surface area contributed by atoms with Gasteiger partial charge in [0.2, 0.25) is 0 Å². The van der Waals surface area contributed by atoms with Crippen molar-refractivity contribution in [2.24, 2.45) is 0 Å². The van der Waals surface area contributed by atoms with Crippen LogP contribution in [-0.4, -0.2) is 69.7 Å². The number of ether oxygens (including phenoxy) is 4. The third-order valence-electron chi connectivity index (χ3n) is 8.22. The Bertz CT molecular complexity index is 1670. The molecule has 0 aliphatic carbocycles. The highest BCUT2D eigenvalue weighted by molar-refractivity contribution is 7.15. The quantitative estimate of drug-likeness (QED) is 0.136. The molecule has 0 spiro atoms. The van der Waals surface area contributed by atoms with Gasteiger partial charge in [-0.3, -0.25) is 0 Å². The number of benzene rings is 1. The predicted octanol–water partition coefficient (Wildman–Crippen LogP) is 7.36. The summed E-state index contributed by atoms with van der Waals surface area (Å²) in [6, 6.07) is 10.1. The molecule has 1 atom stereocenters. The standard InChI is InChI=1S/C36H49N5O5S/c1-9-20-44-28-15-13-12-14-25(28)21-26-23-37-32(47-26)27-22-29-38-24(4)30(31(34(42)43-10-2)46-35(5,6)7)33(41(29)39-27)40-18-16-36(8,17-19-40)45-11-3/h12-15,22-23,31H,9-11,16-21H2,1-8H3/t31-/m0/s1. The molecule has 0 saturated carbocycles. The van der Waals surface area contributed by atoms with Crippen LogP contribution in [-0.2, 0) is 25.4 Å². The third kappa shape index (κ3) is 8.13. The lowest BCUT2D eigenvalue weighted by Crippen LogP contribution is -2.45. The highest BCUT2D eigenvalue weighted by atomic mass is 32.1. The van der Waals surface area contributed by atoms with E-state index in [9.17, 15) is 4.79 Å². The molecule has 47 heavy (non-hydrogen) atoms. The van der Waals surface area contributed by atoms with E-state index < -0.39 is 17.7 Å². The monoisotopic (exact) mass is 663 g/mol. The minimum atomic E-state index is -0.976. The Kier molecular flexibility index (Phi) is 10.9. The van der Waals surface area contributed by atoms with Gasteiger partial charge in [-0.1, -0.05) is 25.1 Å². The van der Waals surface area contributed by atoms with Crippen LogP contribution in [0.5, 0.6) is 5.75 Å². The van der Waals surface area contributed by atoms with Crippen molar-refractivity contribution in [3.05, 3.63) is 58.2 Å². The molecule has 4 heterocycles. The summed E-state index contributed by atoms with van der Waals surface area (Å²) in [5.74, 6) is 1.26. The average molecular weight is 664 g/mol. The molecule has 0 unspecified atom stereocenters. The van der Waals surface area contributed by atoms with Crippen molar-refractivity contribution in [1.82, 2.24) is 19.6 Å². The van der Waals surface area contributed by atoms with Crippen LogP contribution in [0.3, 0.4) is 0 Å². The van der Waals surface area contributed by atoms with Gasteiger partial charge in [-0.15, -0.1) is 11.3 Å². The summed E-state index contributed by atoms with van der Waals surface area (Å²) in [5.41, 5.74) is 3.08. The number of aromatic nitrogens is 4. The summed E-state index contributed by atoms with van der Waals surface area (Å²) in [6.45, 7) is 18.9. The second-order valence-corrected chi connectivity index (χ2v) is 14.3. The summed E-state index contributed by atoms with van der Waals surface area (Å²) in [6.07, 6.45) is 4.28. The van der Waals surface area contributed by atoms with Crippen LogP contribution in [0, 0.1) is 6.92 Å². The van der Waals surface area contributed by atoms with Crippen molar-refractivity contribution in [3.8, 4) is 16.5 Å². The van der Waals surface area contributed by atoms with Gasteiger partial charge in [0.05, 0.1) is 30.0 Å². The highest BCUT2D eigenvalue weighted by Crippen LogP contribution is 2.39. The van der Waals surface area contributed by atoms with E-state index in [1.807, 2.05) is 69.6 Å². The smallest absolute Gasteiger partial charge is 0.340 e. The summed E-state index contributed by atoms with van der Waals surface area (Å²) < 4.78 is 26.0. The minimum absolute atomic E-state index is 0.207. The molecular weight excluding hydrogens is 614 g/mol. The Morgan fingerprint density at radius 2 is 1.85 bits per heavy atom. The molecule has 11 heteroatoms. The fraction of sp³-hybridized carbons (Fsp3) is 0.556. The molecule has 4 aromatic rings. The molecule has 3 aromatic heterocycles. The molecule has 1 aromatic carbocycles. The van der Waals surface area contributed by atoms with Gasteiger partial charge >= 0.3 is 5.97 Å². The number of nitrogens with zero attached hydrogens (tertiary/aromatic N) is 5. The first-order valence-electron chi connectivity index (χ1n) is 16.7. The van der Waals surface area contributed by atoms with Crippen molar-refractivity contribution >= 4 is 28.8 Å². The first-order chi connectivity index (χ1) is 22.4. The van der Waals surface area contributed by atoms with Gasteiger partial charge in [-0.05, 0) is 79.4 Å². The Labute approximate surface area is 282 Å². The number of carbonyl (C=O) groups is 1. The van der Waals surface area contributed by atoms with Crippen LogP contribution >= 0.6 is 11.3 Å². The summed E-state index contributed by atoms with van der Waals surface area (Å²) >= 11 is 1.61.